The Labute approximate surface area is 102 Å². The topological polar surface area (TPSA) is 73.6 Å². The molecule has 0 heterocycles. The van der Waals surface area contributed by atoms with Gasteiger partial charge in [0.05, 0.1) is 31.8 Å². The maximum Gasteiger partial charge on any atom is 0.296 e. The first-order valence-electron chi connectivity index (χ1n) is 4.92. The van der Waals surface area contributed by atoms with E-state index in [4.69, 9.17) is 9.47 Å². The monoisotopic (exact) mass is 262 g/mol. The Morgan fingerprint density at radius 3 is 2.33 bits per heavy atom. The van der Waals surface area contributed by atoms with Gasteiger partial charge in [-0.1, -0.05) is 0 Å². The second kappa shape index (κ2) is 5.99. The number of anilines is 1. The molecule has 0 saturated heterocycles. The van der Waals surface area contributed by atoms with Gasteiger partial charge in [-0.2, -0.15) is 0 Å². The van der Waals surface area contributed by atoms with Crippen molar-refractivity contribution in [2.24, 2.45) is 0 Å². The van der Waals surface area contributed by atoms with Gasteiger partial charge in [-0.15, -0.1) is 0 Å². The SMILES string of the molecule is COc1cc(NCC(F)F)c([N+](=O)[O-])cc1OC. The van der Waals surface area contributed by atoms with Crippen molar-refractivity contribution in [3.63, 3.8) is 0 Å². The molecule has 0 saturated carbocycles. The second-order valence-corrected chi connectivity index (χ2v) is 3.25. The van der Waals surface area contributed by atoms with Crippen molar-refractivity contribution < 1.29 is 23.2 Å². The minimum absolute atomic E-state index is 0.0436. The highest BCUT2D eigenvalue weighted by atomic mass is 19.3. The van der Waals surface area contributed by atoms with E-state index in [1.807, 2.05) is 0 Å². The van der Waals surface area contributed by atoms with Crippen molar-refractivity contribution in [1.82, 2.24) is 0 Å². The first-order valence-corrected chi connectivity index (χ1v) is 4.92. The quantitative estimate of drug-likeness (QED) is 0.629. The lowest BCUT2D eigenvalue weighted by Crippen LogP contribution is -2.11. The predicted octanol–water partition coefficient (Wildman–Crippen LogP) is 2.29. The Morgan fingerprint density at radius 2 is 1.89 bits per heavy atom. The van der Waals surface area contributed by atoms with E-state index in [1.165, 1.54) is 20.3 Å². The van der Waals surface area contributed by atoms with Crippen molar-refractivity contribution in [2.45, 2.75) is 6.43 Å². The summed E-state index contributed by atoms with van der Waals surface area (Å²) in [5.74, 6) is 0.381. The highest BCUT2D eigenvalue weighted by Gasteiger charge is 2.20. The van der Waals surface area contributed by atoms with E-state index in [0.29, 0.717) is 0 Å². The standard InChI is InChI=1S/C10H12F2N2O4/c1-17-8-3-6(13-5-10(11)12)7(14(15)16)4-9(8)18-2/h3-4,10,13H,5H2,1-2H3. The molecule has 0 fully saturated rings. The number of hydrogen-bond donors (Lipinski definition) is 1. The molecule has 1 aromatic carbocycles. The molecule has 0 unspecified atom stereocenters. The number of alkyl halides is 2. The molecular formula is C10H12F2N2O4. The molecule has 8 heteroatoms. The Bertz CT molecular complexity index is 440. The number of nitrogens with zero attached hydrogens (tertiary/aromatic N) is 1. The molecule has 1 aromatic rings. The molecule has 0 radical (unpaired) electrons. The van der Waals surface area contributed by atoms with Crippen molar-refractivity contribution in [1.29, 1.82) is 0 Å². The fourth-order valence-corrected chi connectivity index (χ4v) is 1.35. The maximum atomic E-state index is 12.1. The van der Waals surface area contributed by atoms with E-state index in [1.54, 1.807) is 0 Å². The smallest absolute Gasteiger partial charge is 0.296 e. The number of rotatable bonds is 6. The summed E-state index contributed by atoms with van der Waals surface area (Å²) in [4.78, 5) is 10.1. The molecule has 18 heavy (non-hydrogen) atoms. The van der Waals surface area contributed by atoms with Gasteiger partial charge in [-0.3, -0.25) is 10.1 Å². The summed E-state index contributed by atoms with van der Waals surface area (Å²) in [6, 6.07) is 2.37. The van der Waals surface area contributed by atoms with Crippen LogP contribution in [0.15, 0.2) is 12.1 Å². The third-order valence-electron chi connectivity index (χ3n) is 2.15. The average Bonchev–Trinajstić information content (AvgIpc) is 2.34. The van der Waals surface area contributed by atoms with Crippen molar-refractivity contribution in [2.75, 3.05) is 26.1 Å². The van der Waals surface area contributed by atoms with Crippen LogP contribution in [0.2, 0.25) is 0 Å². The summed E-state index contributed by atoms with van der Waals surface area (Å²) >= 11 is 0. The van der Waals surface area contributed by atoms with Crippen LogP contribution >= 0.6 is 0 Å². The van der Waals surface area contributed by atoms with Crippen LogP contribution in [0.1, 0.15) is 0 Å². The van der Waals surface area contributed by atoms with Crippen molar-refractivity contribution in [3.8, 4) is 11.5 Å². The molecule has 6 nitrogen and oxygen atoms in total. The van der Waals surface area contributed by atoms with Gasteiger partial charge in [0, 0.05) is 6.07 Å². The van der Waals surface area contributed by atoms with Crippen LogP contribution in [0.3, 0.4) is 0 Å². The Morgan fingerprint density at radius 1 is 1.33 bits per heavy atom. The third-order valence-corrected chi connectivity index (χ3v) is 2.15. The van der Waals surface area contributed by atoms with Gasteiger partial charge in [0.15, 0.2) is 11.5 Å². The zero-order valence-electron chi connectivity index (χ0n) is 9.78. The number of methoxy groups -OCH3 is 2. The fourth-order valence-electron chi connectivity index (χ4n) is 1.35. The number of nitro benzene ring substituents is 1. The van der Waals surface area contributed by atoms with Gasteiger partial charge < -0.3 is 14.8 Å². The van der Waals surface area contributed by atoms with Gasteiger partial charge in [0.2, 0.25) is 0 Å². The number of nitro groups is 1. The Kier molecular flexibility index (Phi) is 4.64. The largest absolute Gasteiger partial charge is 0.493 e. The lowest BCUT2D eigenvalue weighted by atomic mass is 10.2. The fraction of sp³-hybridized carbons (Fsp3) is 0.400. The number of benzene rings is 1. The first-order chi connectivity index (χ1) is 8.49. The molecule has 0 aromatic heterocycles. The summed E-state index contributed by atoms with van der Waals surface area (Å²) in [6.45, 7) is -0.684. The van der Waals surface area contributed by atoms with Crippen LogP contribution in [-0.2, 0) is 0 Å². The maximum absolute atomic E-state index is 12.1. The average molecular weight is 262 g/mol. The molecule has 0 aliphatic rings. The highest BCUT2D eigenvalue weighted by molar-refractivity contribution is 5.68. The molecule has 100 valence electrons. The summed E-state index contributed by atoms with van der Waals surface area (Å²) in [5.41, 5.74) is -0.397. The molecule has 1 N–H and O–H groups in total. The van der Waals surface area contributed by atoms with Crippen LogP contribution in [0, 0.1) is 10.1 Å². The van der Waals surface area contributed by atoms with Crippen molar-refractivity contribution in [3.05, 3.63) is 22.2 Å². The van der Waals surface area contributed by atoms with E-state index >= 15 is 0 Å². The highest BCUT2D eigenvalue weighted by Crippen LogP contribution is 2.37. The molecular weight excluding hydrogens is 250 g/mol. The number of hydrogen-bond acceptors (Lipinski definition) is 5. The molecule has 0 aliphatic heterocycles. The molecule has 0 amide bonds. The van der Waals surface area contributed by atoms with Gasteiger partial charge >= 0.3 is 0 Å². The Balaban J connectivity index is 3.16. The van der Waals surface area contributed by atoms with Crippen LogP contribution in [0.5, 0.6) is 11.5 Å². The summed E-state index contributed by atoms with van der Waals surface area (Å²) < 4.78 is 34.0. The van der Waals surface area contributed by atoms with Crippen LogP contribution in [0.4, 0.5) is 20.2 Å². The van der Waals surface area contributed by atoms with Crippen molar-refractivity contribution >= 4 is 11.4 Å². The van der Waals surface area contributed by atoms with Gasteiger partial charge in [0.25, 0.3) is 12.1 Å². The molecule has 0 bridgehead atoms. The molecule has 0 atom stereocenters. The summed E-state index contributed by atoms with van der Waals surface area (Å²) in [7, 11) is 2.68. The second-order valence-electron chi connectivity index (χ2n) is 3.25. The van der Waals surface area contributed by atoms with Crippen LogP contribution in [0.25, 0.3) is 0 Å². The van der Waals surface area contributed by atoms with E-state index < -0.39 is 17.9 Å². The molecule has 1 rings (SSSR count). The minimum Gasteiger partial charge on any atom is -0.493 e. The normalized spacial score (nSPS) is 10.3. The number of nitrogens with one attached hydrogen (secondary N) is 1. The van der Waals surface area contributed by atoms with Gasteiger partial charge in [0.1, 0.15) is 5.69 Å². The third kappa shape index (κ3) is 3.19. The summed E-state index contributed by atoms with van der Waals surface area (Å²) in [6.07, 6.45) is -2.61. The molecule has 0 aliphatic carbocycles. The zero-order chi connectivity index (χ0) is 13.7. The Hall–Kier alpha value is -2.12. The van der Waals surface area contributed by atoms with E-state index in [0.717, 1.165) is 6.07 Å². The van der Waals surface area contributed by atoms with E-state index in [2.05, 4.69) is 5.32 Å². The van der Waals surface area contributed by atoms with Crippen LogP contribution < -0.4 is 14.8 Å². The predicted molar refractivity (Wildman–Crippen MR) is 60.7 cm³/mol. The molecule has 0 spiro atoms. The van der Waals surface area contributed by atoms with E-state index in [9.17, 15) is 18.9 Å². The number of ether oxygens (including phenoxy) is 2. The number of halogens is 2. The van der Waals surface area contributed by atoms with Gasteiger partial charge in [-0.05, 0) is 0 Å². The lowest BCUT2D eigenvalue weighted by Gasteiger charge is -2.11. The first kappa shape index (κ1) is 13.9. The summed E-state index contributed by atoms with van der Waals surface area (Å²) in [5, 5.41) is 13.1. The zero-order valence-corrected chi connectivity index (χ0v) is 9.78. The lowest BCUT2D eigenvalue weighted by molar-refractivity contribution is -0.384. The minimum atomic E-state index is -2.61. The van der Waals surface area contributed by atoms with E-state index in [-0.39, 0.29) is 22.9 Å². The van der Waals surface area contributed by atoms with Gasteiger partial charge in [-0.25, -0.2) is 8.78 Å². The van der Waals surface area contributed by atoms with Crippen LogP contribution in [-0.4, -0.2) is 32.1 Å².